The minimum Gasteiger partial charge on any atom is -0.491 e. The number of para-hydroxylation sites is 2. The van der Waals surface area contributed by atoms with Crippen molar-refractivity contribution in [3.8, 4) is 11.5 Å². The molecule has 0 aromatic heterocycles. The second kappa shape index (κ2) is 8.85. The summed E-state index contributed by atoms with van der Waals surface area (Å²) in [5.41, 5.74) is 0.452. The fraction of sp³-hybridized carbons (Fsp3) is 0.261. The standard InChI is InChI=1S/C23H24N2O5S/c1-2-31(27,28)25-16-22(30-21-12-6-5-11-19(21)25)23(26)24-14-15-29-20-13-7-9-17-8-3-4-10-18(17)20/h3-13,22H,2,14-16H2,1H3,(H,24,26)/t22-/m1/s1. The highest BCUT2D eigenvalue weighted by molar-refractivity contribution is 7.92. The predicted molar refractivity (Wildman–Crippen MR) is 120 cm³/mol. The van der Waals surface area contributed by atoms with E-state index in [4.69, 9.17) is 9.47 Å². The monoisotopic (exact) mass is 440 g/mol. The molecule has 1 aliphatic heterocycles. The molecule has 8 heteroatoms. The van der Waals surface area contributed by atoms with Crippen LogP contribution in [0.25, 0.3) is 10.8 Å². The lowest BCUT2D eigenvalue weighted by Crippen LogP contribution is -2.51. The lowest BCUT2D eigenvalue weighted by Gasteiger charge is -2.34. The van der Waals surface area contributed by atoms with Crippen molar-refractivity contribution in [2.75, 3.05) is 29.8 Å². The summed E-state index contributed by atoms with van der Waals surface area (Å²) in [6, 6.07) is 20.6. The minimum atomic E-state index is -3.53. The van der Waals surface area contributed by atoms with Crippen LogP contribution in [0.1, 0.15) is 6.92 Å². The molecule has 0 aliphatic carbocycles. The van der Waals surface area contributed by atoms with Gasteiger partial charge in [0.2, 0.25) is 10.0 Å². The summed E-state index contributed by atoms with van der Waals surface area (Å²) < 4.78 is 37.9. The molecular weight excluding hydrogens is 416 g/mol. The van der Waals surface area contributed by atoms with Crippen LogP contribution in [0.4, 0.5) is 5.69 Å². The Morgan fingerprint density at radius 1 is 1.10 bits per heavy atom. The van der Waals surface area contributed by atoms with Gasteiger partial charge in [-0.05, 0) is 30.5 Å². The Morgan fingerprint density at radius 3 is 2.68 bits per heavy atom. The number of hydrogen-bond acceptors (Lipinski definition) is 5. The Kier molecular flexibility index (Phi) is 5.99. The SMILES string of the molecule is CCS(=O)(=O)N1C[C@H](C(=O)NCCOc2cccc3ccccc23)Oc2ccccc21. The van der Waals surface area contributed by atoms with E-state index in [-0.39, 0.29) is 31.4 Å². The first-order valence-electron chi connectivity index (χ1n) is 10.1. The van der Waals surface area contributed by atoms with Crippen LogP contribution in [0.5, 0.6) is 11.5 Å². The van der Waals surface area contributed by atoms with Crippen molar-refractivity contribution >= 4 is 32.4 Å². The predicted octanol–water partition coefficient (Wildman–Crippen LogP) is 2.95. The zero-order valence-electron chi connectivity index (χ0n) is 17.2. The van der Waals surface area contributed by atoms with Crippen molar-refractivity contribution in [2.24, 2.45) is 0 Å². The molecule has 0 saturated carbocycles. The number of ether oxygens (including phenoxy) is 2. The van der Waals surface area contributed by atoms with E-state index in [1.54, 1.807) is 31.2 Å². The van der Waals surface area contributed by atoms with Crippen molar-refractivity contribution in [1.82, 2.24) is 5.32 Å². The number of anilines is 1. The van der Waals surface area contributed by atoms with Gasteiger partial charge in [0.05, 0.1) is 24.5 Å². The summed E-state index contributed by atoms with van der Waals surface area (Å²) in [6.07, 6.45) is -0.936. The third-order valence-electron chi connectivity index (χ3n) is 5.14. The molecule has 31 heavy (non-hydrogen) atoms. The molecule has 0 bridgehead atoms. The Morgan fingerprint density at radius 2 is 1.84 bits per heavy atom. The van der Waals surface area contributed by atoms with Crippen LogP contribution >= 0.6 is 0 Å². The molecule has 0 radical (unpaired) electrons. The topological polar surface area (TPSA) is 84.9 Å². The first-order chi connectivity index (χ1) is 15.0. The number of fused-ring (bicyclic) bond motifs is 2. The normalized spacial score (nSPS) is 15.8. The summed E-state index contributed by atoms with van der Waals surface area (Å²) in [4.78, 5) is 12.7. The molecule has 162 valence electrons. The van der Waals surface area contributed by atoms with Gasteiger partial charge in [0, 0.05) is 5.39 Å². The van der Waals surface area contributed by atoms with Crippen LogP contribution in [-0.2, 0) is 14.8 Å². The average Bonchev–Trinajstić information content (AvgIpc) is 2.81. The number of amides is 1. The smallest absolute Gasteiger partial charge is 0.263 e. The van der Waals surface area contributed by atoms with Crippen LogP contribution in [0.2, 0.25) is 0 Å². The molecule has 1 amide bonds. The van der Waals surface area contributed by atoms with E-state index in [1.807, 2.05) is 42.5 Å². The van der Waals surface area contributed by atoms with Gasteiger partial charge in [0.15, 0.2) is 6.10 Å². The van der Waals surface area contributed by atoms with E-state index in [2.05, 4.69) is 5.32 Å². The second-order valence-corrected chi connectivity index (χ2v) is 9.30. The van der Waals surface area contributed by atoms with Crippen LogP contribution in [0.15, 0.2) is 66.7 Å². The summed E-state index contributed by atoms with van der Waals surface area (Å²) in [5.74, 6) is 0.676. The van der Waals surface area contributed by atoms with E-state index in [0.29, 0.717) is 11.4 Å². The van der Waals surface area contributed by atoms with Gasteiger partial charge in [-0.25, -0.2) is 8.42 Å². The third-order valence-corrected chi connectivity index (χ3v) is 6.88. The Labute approximate surface area is 181 Å². The minimum absolute atomic E-state index is 0.0610. The highest BCUT2D eigenvalue weighted by atomic mass is 32.2. The van der Waals surface area contributed by atoms with Gasteiger partial charge >= 0.3 is 0 Å². The van der Waals surface area contributed by atoms with Gasteiger partial charge in [-0.2, -0.15) is 0 Å². The average molecular weight is 441 g/mol. The molecule has 0 saturated heterocycles. The van der Waals surface area contributed by atoms with Crippen molar-refractivity contribution in [3.05, 3.63) is 66.7 Å². The second-order valence-electron chi connectivity index (χ2n) is 7.12. The molecule has 1 heterocycles. The molecular formula is C23H24N2O5S. The summed E-state index contributed by atoms with van der Waals surface area (Å²) in [5, 5.41) is 4.86. The number of hydrogen-bond donors (Lipinski definition) is 1. The highest BCUT2D eigenvalue weighted by Crippen LogP contribution is 2.35. The number of rotatable bonds is 7. The first kappa shape index (κ1) is 21.0. The Bertz CT molecular complexity index is 1190. The van der Waals surface area contributed by atoms with Gasteiger partial charge < -0.3 is 14.8 Å². The molecule has 7 nitrogen and oxygen atoms in total. The van der Waals surface area contributed by atoms with Gasteiger partial charge in [0.1, 0.15) is 18.1 Å². The third kappa shape index (κ3) is 4.44. The molecule has 0 spiro atoms. The first-order valence-corrected chi connectivity index (χ1v) is 11.7. The molecule has 4 rings (SSSR count). The zero-order valence-corrected chi connectivity index (χ0v) is 18.0. The van der Waals surface area contributed by atoms with E-state index in [0.717, 1.165) is 16.5 Å². The van der Waals surface area contributed by atoms with Crippen molar-refractivity contribution < 1.29 is 22.7 Å². The summed E-state index contributed by atoms with van der Waals surface area (Å²) >= 11 is 0. The molecule has 3 aromatic carbocycles. The lowest BCUT2D eigenvalue weighted by atomic mass is 10.1. The number of sulfonamides is 1. The van der Waals surface area contributed by atoms with Crippen molar-refractivity contribution in [1.29, 1.82) is 0 Å². The van der Waals surface area contributed by atoms with Crippen molar-refractivity contribution in [2.45, 2.75) is 13.0 Å². The fourth-order valence-corrected chi connectivity index (χ4v) is 4.65. The van der Waals surface area contributed by atoms with Gasteiger partial charge in [0.25, 0.3) is 5.91 Å². The van der Waals surface area contributed by atoms with Crippen LogP contribution in [-0.4, -0.2) is 45.9 Å². The molecule has 1 N–H and O–H groups in total. The quantitative estimate of drug-likeness (QED) is 0.571. The van der Waals surface area contributed by atoms with E-state index in [9.17, 15) is 13.2 Å². The molecule has 0 fully saturated rings. The Balaban J connectivity index is 1.39. The summed E-state index contributed by atoms with van der Waals surface area (Å²) in [7, 11) is -3.53. The maximum atomic E-state index is 12.7. The van der Waals surface area contributed by atoms with Crippen LogP contribution < -0.4 is 19.1 Å². The van der Waals surface area contributed by atoms with E-state index < -0.39 is 16.1 Å². The maximum Gasteiger partial charge on any atom is 0.263 e. The highest BCUT2D eigenvalue weighted by Gasteiger charge is 2.35. The number of carbonyl (C=O) groups excluding carboxylic acids is 1. The number of nitrogens with zero attached hydrogens (tertiary/aromatic N) is 1. The largest absolute Gasteiger partial charge is 0.491 e. The van der Waals surface area contributed by atoms with Crippen LogP contribution in [0, 0.1) is 0 Å². The number of benzene rings is 3. The Hall–Kier alpha value is -3.26. The van der Waals surface area contributed by atoms with E-state index in [1.165, 1.54) is 4.31 Å². The molecule has 1 atom stereocenters. The van der Waals surface area contributed by atoms with Crippen LogP contribution in [0.3, 0.4) is 0 Å². The summed E-state index contributed by atoms with van der Waals surface area (Å²) in [6.45, 7) is 2.06. The van der Waals surface area contributed by atoms with Crippen molar-refractivity contribution in [3.63, 3.8) is 0 Å². The fourth-order valence-electron chi connectivity index (χ4n) is 3.53. The number of nitrogens with one attached hydrogen (secondary N) is 1. The van der Waals surface area contributed by atoms with Gasteiger partial charge in [-0.15, -0.1) is 0 Å². The van der Waals surface area contributed by atoms with E-state index >= 15 is 0 Å². The van der Waals surface area contributed by atoms with Gasteiger partial charge in [-0.3, -0.25) is 9.10 Å². The molecule has 3 aromatic rings. The number of carbonyl (C=O) groups is 1. The maximum absolute atomic E-state index is 12.7. The molecule has 0 unspecified atom stereocenters. The zero-order chi connectivity index (χ0) is 21.8. The molecule has 1 aliphatic rings. The lowest BCUT2D eigenvalue weighted by molar-refractivity contribution is -0.127. The van der Waals surface area contributed by atoms with Gasteiger partial charge in [-0.1, -0.05) is 48.5 Å².